The Morgan fingerprint density at radius 2 is 1.43 bits per heavy atom. The van der Waals surface area contributed by atoms with E-state index in [0.29, 0.717) is 59.1 Å². The van der Waals surface area contributed by atoms with Crippen molar-refractivity contribution in [3.05, 3.63) is 101 Å². The van der Waals surface area contributed by atoms with Crippen LogP contribution in [0.15, 0.2) is 78.9 Å². The minimum atomic E-state index is -1.03. The van der Waals surface area contributed by atoms with Gasteiger partial charge in [0.2, 0.25) is 0 Å². The van der Waals surface area contributed by atoms with Gasteiger partial charge < -0.3 is 29.5 Å². The quantitative estimate of drug-likeness (QED) is 0.136. The van der Waals surface area contributed by atoms with Gasteiger partial charge in [0.15, 0.2) is 0 Å². The number of phenols is 1. The molecule has 3 N–H and O–H groups in total. The van der Waals surface area contributed by atoms with E-state index in [1.54, 1.807) is 48.5 Å². The molecule has 4 aromatic rings. The number of aromatic hydroxyl groups is 1. The van der Waals surface area contributed by atoms with E-state index in [9.17, 15) is 19.1 Å². The van der Waals surface area contributed by atoms with Crippen molar-refractivity contribution in [3.63, 3.8) is 0 Å². The second kappa shape index (κ2) is 14.0. The molecular formula is C33H31FO8. The molecule has 0 radical (unpaired) electrons. The smallest absolute Gasteiger partial charge is 0.335 e. The van der Waals surface area contributed by atoms with Crippen LogP contribution in [-0.4, -0.2) is 40.5 Å². The van der Waals surface area contributed by atoms with Gasteiger partial charge in [-0.2, -0.15) is 0 Å². The van der Waals surface area contributed by atoms with E-state index < -0.39 is 11.9 Å². The second-order valence-corrected chi connectivity index (χ2v) is 9.48. The highest BCUT2D eigenvalue weighted by molar-refractivity contribution is 5.87. The molecule has 0 aliphatic rings. The van der Waals surface area contributed by atoms with Crippen LogP contribution in [-0.2, 0) is 17.6 Å². The third kappa shape index (κ3) is 8.00. The first-order chi connectivity index (χ1) is 20.2. The summed E-state index contributed by atoms with van der Waals surface area (Å²) in [7, 11) is 0. The van der Waals surface area contributed by atoms with Crippen LogP contribution in [0.25, 0.3) is 11.1 Å². The number of hydrogen-bond acceptors (Lipinski definition) is 6. The van der Waals surface area contributed by atoms with Gasteiger partial charge >= 0.3 is 11.9 Å². The number of aliphatic carboxylic acids is 1. The highest BCUT2D eigenvalue weighted by Gasteiger charge is 2.13. The SMILES string of the molecule is CCc1cc(-c2ccc(F)cc2)c(O)cc1OCCCOc1cc(Oc2ccc(C(=O)O)cc2)ccc1CCC(=O)O. The average molecular weight is 575 g/mol. The molecule has 218 valence electrons. The summed E-state index contributed by atoms with van der Waals surface area (Å²) >= 11 is 0. The summed E-state index contributed by atoms with van der Waals surface area (Å²) in [5, 5.41) is 28.8. The van der Waals surface area contributed by atoms with E-state index >= 15 is 0 Å². The molecule has 0 saturated heterocycles. The van der Waals surface area contributed by atoms with Crippen LogP contribution in [0.1, 0.15) is 41.3 Å². The molecule has 0 amide bonds. The number of ether oxygens (including phenoxy) is 3. The summed E-state index contributed by atoms with van der Waals surface area (Å²) < 4.78 is 31.1. The van der Waals surface area contributed by atoms with E-state index in [1.807, 2.05) is 13.0 Å². The summed E-state index contributed by atoms with van der Waals surface area (Å²) in [4.78, 5) is 22.2. The molecule has 0 aliphatic carbocycles. The van der Waals surface area contributed by atoms with E-state index in [2.05, 4.69) is 0 Å². The predicted octanol–water partition coefficient (Wildman–Crippen LogP) is 7.12. The number of halogens is 1. The third-order valence-electron chi connectivity index (χ3n) is 6.50. The molecule has 0 bridgehead atoms. The van der Waals surface area contributed by atoms with Crippen molar-refractivity contribution in [3.8, 4) is 39.9 Å². The summed E-state index contributed by atoms with van der Waals surface area (Å²) in [6.07, 6.45) is 1.38. The lowest BCUT2D eigenvalue weighted by atomic mass is 10.00. The third-order valence-corrected chi connectivity index (χ3v) is 6.50. The van der Waals surface area contributed by atoms with Crippen molar-refractivity contribution in [2.24, 2.45) is 0 Å². The number of rotatable bonds is 14. The van der Waals surface area contributed by atoms with Gasteiger partial charge in [-0.1, -0.05) is 25.1 Å². The van der Waals surface area contributed by atoms with Crippen molar-refractivity contribution in [2.75, 3.05) is 13.2 Å². The molecule has 0 heterocycles. The molecule has 9 heteroatoms. The van der Waals surface area contributed by atoms with Gasteiger partial charge in [-0.05, 0) is 78.1 Å². The van der Waals surface area contributed by atoms with Gasteiger partial charge in [-0.15, -0.1) is 0 Å². The summed E-state index contributed by atoms with van der Waals surface area (Å²) in [6.45, 7) is 2.56. The van der Waals surface area contributed by atoms with Crippen LogP contribution < -0.4 is 14.2 Å². The number of carboxylic acid groups (broad SMARTS) is 2. The lowest BCUT2D eigenvalue weighted by Gasteiger charge is -2.16. The Hall–Kier alpha value is -5.05. The maximum absolute atomic E-state index is 13.3. The van der Waals surface area contributed by atoms with Crippen LogP contribution in [0.5, 0.6) is 28.7 Å². The van der Waals surface area contributed by atoms with E-state index in [1.165, 1.54) is 24.3 Å². The fraction of sp³-hybridized carbons (Fsp3) is 0.212. The van der Waals surface area contributed by atoms with Gasteiger partial charge in [0.05, 0.1) is 18.8 Å². The second-order valence-electron chi connectivity index (χ2n) is 9.48. The van der Waals surface area contributed by atoms with Crippen LogP contribution in [0.4, 0.5) is 4.39 Å². The normalized spacial score (nSPS) is 10.7. The number of aromatic carboxylic acids is 1. The summed E-state index contributed by atoms with van der Waals surface area (Å²) in [5.41, 5.74) is 3.04. The summed E-state index contributed by atoms with van der Waals surface area (Å²) in [6, 6.07) is 20.4. The minimum Gasteiger partial charge on any atom is -0.507 e. The van der Waals surface area contributed by atoms with E-state index in [0.717, 1.165) is 5.56 Å². The first kappa shape index (κ1) is 29.9. The van der Waals surface area contributed by atoms with Crippen molar-refractivity contribution < 1.29 is 43.5 Å². The molecule has 0 aromatic heterocycles. The Kier molecular flexibility index (Phi) is 9.99. The van der Waals surface area contributed by atoms with Crippen LogP contribution in [0.2, 0.25) is 0 Å². The molecular weight excluding hydrogens is 543 g/mol. The number of phenolic OH excluding ortho intramolecular Hbond substituents is 1. The number of carbonyl (C=O) groups is 2. The minimum absolute atomic E-state index is 0.0301. The Bertz CT molecular complexity index is 1530. The van der Waals surface area contributed by atoms with Gasteiger partial charge in [0.25, 0.3) is 0 Å². The zero-order chi connectivity index (χ0) is 30.1. The highest BCUT2D eigenvalue weighted by atomic mass is 19.1. The van der Waals surface area contributed by atoms with Gasteiger partial charge in [0, 0.05) is 30.5 Å². The lowest BCUT2D eigenvalue weighted by molar-refractivity contribution is -0.136. The number of benzene rings is 4. The van der Waals surface area contributed by atoms with Gasteiger partial charge in [-0.3, -0.25) is 4.79 Å². The highest BCUT2D eigenvalue weighted by Crippen LogP contribution is 2.36. The van der Waals surface area contributed by atoms with Crippen LogP contribution in [0, 0.1) is 5.82 Å². The van der Waals surface area contributed by atoms with Crippen molar-refractivity contribution in [1.29, 1.82) is 0 Å². The number of hydrogen-bond donors (Lipinski definition) is 3. The first-order valence-electron chi connectivity index (χ1n) is 13.5. The molecule has 0 saturated carbocycles. The monoisotopic (exact) mass is 574 g/mol. The molecule has 0 aliphatic heterocycles. The van der Waals surface area contributed by atoms with Crippen LogP contribution >= 0.6 is 0 Å². The Labute approximate surface area is 242 Å². The zero-order valence-electron chi connectivity index (χ0n) is 23.0. The predicted molar refractivity (Wildman–Crippen MR) is 154 cm³/mol. The van der Waals surface area contributed by atoms with Gasteiger partial charge in [-0.25, -0.2) is 9.18 Å². The molecule has 42 heavy (non-hydrogen) atoms. The van der Waals surface area contributed by atoms with Crippen molar-refractivity contribution in [2.45, 2.75) is 32.6 Å². The molecule has 0 atom stereocenters. The van der Waals surface area contributed by atoms with Crippen molar-refractivity contribution >= 4 is 11.9 Å². The first-order valence-corrected chi connectivity index (χ1v) is 13.5. The maximum atomic E-state index is 13.3. The average Bonchev–Trinajstić information content (AvgIpc) is 2.97. The van der Waals surface area contributed by atoms with E-state index in [-0.39, 0.29) is 36.6 Å². The maximum Gasteiger partial charge on any atom is 0.335 e. The fourth-order valence-corrected chi connectivity index (χ4v) is 4.29. The largest absolute Gasteiger partial charge is 0.507 e. The van der Waals surface area contributed by atoms with E-state index in [4.69, 9.17) is 24.4 Å². The molecule has 0 fully saturated rings. The molecule has 8 nitrogen and oxygen atoms in total. The topological polar surface area (TPSA) is 123 Å². The molecule has 4 rings (SSSR count). The zero-order valence-corrected chi connectivity index (χ0v) is 23.0. The Morgan fingerprint density at radius 3 is 2.05 bits per heavy atom. The van der Waals surface area contributed by atoms with Crippen LogP contribution in [0.3, 0.4) is 0 Å². The molecule has 4 aromatic carbocycles. The number of carboxylic acids is 2. The van der Waals surface area contributed by atoms with Crippen molar-refractivity contribution in [1.82, 2.24) is 0 Å². The summed E-state index contributed by atoms with van der Waals surface area (Å²) in [5.74, 6) is -0.355. The molecule has 0 spiro atoms. The number of aryl methyl sites for hydroxylation is 2. The lowest BCUT2D eigenvalue weighted by Crippen LogP contribution is -2.08. The Balaban J connectivity index is 1.39. The van der Waals surface area contributed by atoms with Gasteiger partial charge in [0.1, 0.15) is 34.6 Å². The Morgan fingerprint density at radius 1 is 0.786 bits per heavy atom. The molecule has 0 unspecified atom stereocenters. The standard InChI is InChI=1S/C33H31FO8/c1-2-21-18-28(22-4-10-25(34)11-5-22)29(35)20-31(21)41-17-3-16-40-30-19-27(14-6-23(30)9-15-32(36)37)42-26-12-7-24(8-13-26)33(38)39/h4-8,10-14,18-20,35H,2-3,9,15-17H2,1H3,(H,36,37)(H,38,39). The fourth-order valence-electron chi connectivity index (χ4n) is 4.29.